The Morgan fingerprint density at radius 3 is 2.53 bits per heavy atom. The first-order chi connectivity index (χ1) is 15.7. The smallest absolute Gasteiger partial charge is 0.191 e. The van der Waals surface area contributed by atoms with Gasteiger partial charge in [0, 0.05) is 39.3 Å². The minimum atomic E-state index is -0.289. The molecule has 1 aromatic carbocycles. The molecule has 0 atom stereocenters. The van der Waals surface area contributed by atoms with Crippen LogP contribution in [-0.4, -0.2) is 75.2 Å². The van der Waals surface area contributed by atoms with Crippen molar-refractivity contribution in [3.8, 4) is 5.75 Å². The molecule has 0 radical (unpaired) electrons. The summed E-state index contributed by atoms with van der Waals surface area (Å²) < 4.78 is 18.9. The van der Waals surface area contributed by atoms with E-state index in [0.29, 0.717) is 11.8 Å². The van der Waals surface area contributed by atoms with E-state index < -0.39 is 0 Å². The first-order valence-corrected chi connectivity index (χ1v) is 12.4. The van der Waals surface area contributed by atoms with Crippen molar-refractivity contribution in [3.05, 3.63) is 29.6 Å². The van der Waals surface area contributed by atoms with Crippen LogP contribution in [-0.2, 0) is 6.54 Å². The van der Waals surface area contributed by atoms with E-state index in [0.717, 1.165) is 50.5 Å². The van der Waals surface area contributed by atoms with Crippen molar-refractivity contribution in [1.29, 1.82) is 0 Å². The van der Waals surface area contributed by atoms with E-state index in [1.807, 2.05) is 13.1 Å². The van der Waals surface area contributed by atoms with Crippen molar-refractivity contribution >= 4 is 5.96 Å². The molecule has 0 aromatic heterocycles. The third-order valence-electron chi connectivity index (χ3n) is 6.67. The number of nitrogens with zero attached hydrogens (tertiary/aromatic N) is 3. The van der Waals surface area contributed by atoms with Crippen molar-refractivity contribution in [2.75, 3.05) is 53.4 Å². The Balaban J connectivity index is 1.27. The van der Waals surface area contributed by atoms with Crippen molar-refractivity contribution in [1.82, 2.24) is 20.4 Å². The van der Waals surface area contributed by atoms with Crippen LogP contribution in [0.2, 0.25) is 0 Å². The number of guanidine groups is 1. The zero-order valence-corrected chi connectivity index (χ0v) is 20.0. The second kappa shape index (κ2) is 13.6. The van der Waals surface area contributed by atoms with Crippen LogP contribution in [0.4, 0.5) is 4.39 Å². The summed E-state index contributed by atoms with van der Waals surface area (Å²) in [6.45, 7) is 7.60. The molecular formula is C25H42FN5O. The number of nitrogens with one attached hydrogen (secondary N) is 2. The summed E-state index contributed by atoms with van der Waals surface area (Å²) in [5.41, 5.74) is 0.993. The van der Waals surface area contributed by atoms with Gasteiger partial charge in [0.15, 0.2) is 17.5 Å². The molecule has 7 heteroatoms. The maximum absolute atomic E-state index is 13.9. The summed E-state index contributed by atoms with van der Waals surface area (Å²) in [5.74, 6) is 0.928. The Morgan fingerprint density at radius 1 is 1.06 bits per heavy atom. The standard InChI is InChI=1S/C25H42FN5O/c1-27-25(28-13-5-3-6-14-30-15-7-4-8-16-30)29-22-11-17-31(18-12-22)20-21-9-10-24(32-2)23(26)19-21/h9-10,19,22H,3-8,11-18,20H2,1-2H3,(H2,27,28,29). The molecule has 2 aliphatic heterocycles. The number of hydrogen-bond acceptors (Lipinski definition) is 4. The number of benzene rings is 1. The Kier molecular flexibility index (Phi) is 10.6. The van der Waals surface area contributed by atoms with Crippen molar-refractivity contribution in [3.63, 3.8) is 0 Å². The first-order valence-electron chi connectivity index (χ1n) is 12.4. The van der Waals surface area contributed by atoms with Crippen molar-refractivity contribution < 1.29 is 9.13 Å². The molecule has 6 nitrogen and oxygen atoms in total. The predicted octanol–water partition coefficient (Wildman–Crippen LogP) is 3.62. The summed E-state index contributed by atoms with van der Waals surface area (Å²) >= 11 is 0. The minimum absolute atomic E-state index is 0.289. The van der Waals surface area contributed by atoms with Crippen LogP contribution in [0.1, 0.15) is 56.9 Å². The maximum atomic E-state index is 13.9. The molecule has 2 saturated heterocycles. The van der Waals surface area contributed by atoms with Gasteiger partial charge in [-0.25, -0.2) is 4.39 Å². The first kappa shape index (κ1) is 24.8. The second-order valence-electron chi connectivity index (χ2n) is 9.13. The number of ether oxygens (including phenoxy) is 1. The summed E-state index contributed by atoms with van der Waals surface area (Å²) in [6.07, 6.45) is 10.0. The molecule has 2 N–H and O–H groups in total. The SMILES string of the molecule is CN=C(NCCCCCN1CCCCC1)NC1CCN(Cc2ccc(OC)c(F)c2)CC1. The minimum Gasteiger partial charge on any atom is -0.494 e. The lowest BCUT2D eigenvalue weighted by Crippen LogP contribution is -2.48. The lowest BCUT2D eigenvalue weighted by Gasteiger charge is -2.33. The molecule has 0 bridgehead atoms. The van der Waals surface area contributed by atoms with E-state index in [1.54, 1.807) is 12.1 Å². The van der Waals surface area contributed by atoms with Crippen LogP contribution in [0, 0.1) is 5.82 Å². The zero-order chi connectivity index (χ0) is 22.6. The largest absolute Gasteiger partial charge is 0.494 e. The van der Waals surface area contributed by atoms with E-state index in [4.69, 9.17) is 4.74 Å². The molecule has 0 amide bonds. The van der Waals surface area contributed by atoms with Gasteiger partial charge < -0.3 is 20.3 Å². The van der Waals surface area contributed by atoms with Gasteiger partial charge in [-0.2, -0.15) is 0 Å². The van der Waals surface area contributed by atoms with Crippen LogP contribution in [0.5, 0.6) is 5.75 Å². The molecule has 32 heavy (non-hydrogen) atoms. The average Bonchev–Trinajstić information content (AvgIpc) is 2.82. The van der Waals surface area contributed by atoms with Crippen molar-refractivity contribution in [2.24, 2.45) is 4.99 Å². The molecule has 2 heterocycles. The highest BCUT2D eigenvalue weighted by molar-refractivity contribution is 5.79. The van der Waals surface area contributed by atoms with Gasteiger partial charge in [0.05, 0.1) is 7.11 Å². The van der Waals surface area contributed by atoms with Gasteiger partial charge in [-0.1, -0.05) is 18.9 Å². The molecular weight excluding hydrogens is 405 g/mol. The molecule has 0 aliphatic carbocycles. The number of hydrogen-bond donors (Lipinski definition) is 2. The number of piperidine rings is 2. The summed E-state index contributed by atoms with van der Waals surface area (Å²) in [7, 11) is 3.34. The molecule has 2 fully saturated rings. The fraction of sp³-hybridized carbons (Fsp3) is 0.720. The summed E-state index contributed by atoms with van der Waals surface area (Å²) in [6, 6.07) is 5.68. The van der Waals surface area contributed by atoms with E-state index in [1.165, 1.54) is 65.3 Å². The normalized spacial score (nSPS) is 19.2. The van der Waals surface area contributed by atoms with E-state index in [2.05, 4.69) is 25.4 Å². The highest BCUT2D eigenvalue weighted by Crippen LogP contribution is 2.20. The molecule has 0 saturated carbocycles. The quantitative estimate of drug-likeness (QED) is 0.326. The van der Waals surface area contributed by atoms with Crippen molar-refractivity contribution in [2.45, 2.75) is 64.0 Å². The fourth-order valence-electron chi connectivity index (χ4n) is 4.72. The molecule has 180 valence electrons. The number of rotatable bonds is 10. The fourth-order valence-corrected chi connectivity index (χ4v) is 4.72. The number of halogens is 1. The van der Waals surface area contributed by atoms with Crippen LogP contribution >= 0.6 is 0 Å². The van der Waals surface area contributed by atoms with Gasteiger partial charge in [0.1, 0.15) is 0 Å². The predicted molar refractivity (Wildman–Crippen MR) is 130 cm³/mol. The van der Waals surface area contributed by atoms with E-state index in [9.17, 15) is 4.39 Å². The summed E-state index contributed by atoms with van der Waals surface area (Å²) in [4.78, 5) is 9.41. The van der Waals surface area contributed by atoms with Gasteiger partial charge in [0.2, 0.25) is 0 Å². The Bertz CT molecular complexity index is 700. The van der Waals surface area contributed by atoms with Crippen LogP contribution in [0.15, 0.2) is 23.2 Å². The van der Waals surface area contributed by atoms with E-state index >= 15 is 0 Å². The molecule has 3 rings (SSSR count). The maximum Gasteiger partial charge on any atom is 0.191 e. The average molecular weight is 448 g/mol. The lowest BCUT2D eigenvalue weighted by molar-refractivity contribution is 0.198. The highest BCUT2D eigenvalue weighted by Gasteiger charge is 2.20. The number of methoxy groups -OCH3 is 1. The molecule has 0 spiro atoms. The highest BCUT2D eigenvalue weighted by atomic mass is 19.1. The topological polar surface area (TPSA) is 52.1 Å². The molecule has 0 unspecified atom stereocenters. The second-order valence-corrected chi connectivity index (χ2v) is 9.13. The van der Waals surface area contributed by atoms with Crippen LogP contribution < -0.4 is 15.4 Å². The molecule has 1 aromatic rings. The van der Waals surface area contributed by atoms with Gasteiger partial charge in [-0.3, -0.25) is 9.89 Å². The zero-order valence-electron chi connectivity index (χ0n) is 20.0. The Hall–Kier alpha value is -1.86. The van der Waals surface area contributed by atoms with E-state index in [-0.39, 0.29) is 5.82 Å². The third kappa shape index (κ3) is 8.24. The monoisotopic (exact) mass is 447 g/mol. The number of unbranched alkanes of at least 4 members (excludes halogenated alkanes) is 2. The van der Waals surface area contributed by atoms with Crippen LogP contribution in [0.3, 0.4) is 0 Å². The molecule has 2 aliphatic rings. The Morgan fingerprint density at radius 2 is 1.84 bits per heavy atom. The van der Waals surface area contributed by atoms with Gasteiger partial charge in [-0.15, -0.1) is 0 Å². The number of aliphatic imine (C=N–C) groups is 1. The van der Waals surface area contributed by atoms with Gasteiger partial charge in [0.25, 0.3) is 0 Å². The Labute approximate surface area is 193 Å². The van der Waals surface area contributed by atoms with Crippen LogP contribution in [0.25, 0.3) is 0 Å². The summed E-state index contributed by atoms with van der Waals surface area (Å²) in [5, 5.41) is 7.07. The van der Waals surface area contributed by atoms with Gasteiger partial charge in [-0.05, 0) is 75.9 Å². The van der Waals surface area contributed by atoms with Gasteiger partial charge >= 0.3 is 0 Å². The third-order valence-corrected chi connectivity index (χ3v) is 6.67. The number of likely N-dealkylation sites (tertiary alicyclic amines) is 2. The lowest BCUT2D eigenvalue weighted by atomic mass is 10.0.